The Kier molecular flexibility index (Phi) is 9.44. The van der Waals surface area contributed by atoms with Crippen molar-refractivity contribution in [3.63, 3.8) is 0 Å². The molecular weight excluding hydrogens is 481 g/mol. The van der Waals surface area contributed by atoms with Crippen molar-refractivity contribution < 1.29 is 9.84 Å². The third kappa shape index (κ3) is 5.74. The fourth-order valence-corrected chi connectivity index (χ4v) is 3.95. The van der Waals surface area contributed by atoms with Crippen LogP contribution in [0.25, 0.3) is 21.8 Å². The highest BCUT2D eigenvalue weighted by Gasteiger charge is 2.13. The van der Waals surface area contributed by atoms with Gasteiger partial charge in [0.25, 0.3) is 0 Å². The van der Waals surface area contributed by atoms with E-state index < -0.39 is 0 Å². The van der Waals surface area contributed by atoms with E-state index in [9.17, 15) is 5.11 Å². The molecule has 5 nitrogen and oxygen atoms in total. The summed E-state index contributed by atoms with van der Waals surface area (Å²) < 4.78 is 5.45. The van der Waals surface area contributed by atoms with E-state index >= 15 is 0 Å². The number of rotatable bonds is 7. The van der Waals surface area contributed by atoms with Crippen molar-refractivity contribution in [2.45, 2.75) is 20.4 Å². The lowest BCUT2D eigenvalue weighted by Crippen LogP contribution is -2.22. The van der Waals surface area contributed by atoms with Crippen molar-refractivity contribution in [3.05, 3.63) is 65.2 Å². The molecule has 0 unspecified atom stereocenters. The summed E-state index contributed by atoms with van der Waals surface area (Å²) in [4.78, 5) is 7.05. The van der Waals surface area contributed by atoms with Gasteiger partial charge in [0.1, 0.15) is 11.5 Å². The zero-order chi connectivity index (χ0) is 22.0. The number of methoxy groups -OCH3 is 1. The Balaban J connectivity index is 0.00000193. The highest BCUT2D eigenvalue weighted by Crippen LogP contribution is 2.36. The molecular formula is C25H28Cl3N3O2. The third-order valence-electron chi connectivity index (χ3n) is 5.58. The van der Waals surface area contributed by atoms with Crippen LogP contribution in [-0.4, -0.2) is 35.2 Å². The molecule has 0 aliphatic carbocycles. The van der Waals surface area contributed by atoms with E-state index in [1.54, 1.807) is 13.2 Å². The minimum absolute atomic E-state index is 0. The number of pyridine rings is 1. The molecule has 0 radical (unpaired) electrons. The summed E-state index contributed by atoms with van der Waals surface area (Å²) in [7, 11) is 1.65. The molecule has 8 heteroatoms. The number of nitrogens with zero attached hydrogens (tertiary/aromatic N) is 2. The van der Waals surface area contributed by atoms with Gasteiger partial charge in [-0.25, -0.2) is 4.98 Å². The van der Waals surface area contributed by atoms with E-state index in [2.05, 4.69) is 24.1 Å². The monoisotopic (exact) mass is 507 g/mol. The lowest BCUT2D eigenvalue weighted by Gasteiger charge is -2.20. The van der Waals surface area contributed by atoms with E-state index in [1.165, 1.54) is 0 Å². The van der Waals surface area contributed by atoms with Crippen LogP contribution < -0.4 is 10.1 Å². The molecule has 2 N–H and O–H groups in total. The Morgan fingerprint density at radius 1 is 0.939 bits per heavy atom. The van der Waals surface area contributed by atoms with Crippen LogP contribution in [0, 0.1) is 0 Å². The summed E-state index contributed by atoms with van der Waals surface area (Å²) in [5.74, 6) is 1.06. The molecule has 0 aliphatic rings. The van der Waals surface area contributed by atoms with Crippen LogP contribution in [0.4, 0.5) is 11.4 Å². The molecule has 1 aromatic heterocycles. The van der Waals surface area contributed by atoms with Crippen molar-refractivity contribution in [1.82, 2.24) is 9.88 Å². The van der Waals surface area contributed by atoms with Gasteiger partial charge in [-0.05, 0) is 67.7 Å². The first kappa shape index (κ1) is 26.8. The van der Waals surface area contributed by atoms with E-state index in [-0.39, 0.29) is 24.8 Å². The second-order valence-corrected chi connectivity index (χ2v) is 7.90. The molecule has 4 rings (SSSR count). The number of hydrogen-bond acceptors (Lipinski definition) is 5. The number of fused-ring (bicyclic) bond motifs is 2. The molecule has 0 saturated heterocycles. The SMILES string of the molecule is CCN(CC)Cc1cc(Nc2c3ccc(Cl)cc3nc3ccc(OC)cc23)ccc1O.Cl.Cl. The average molecular weight is 509 g/mol. The van der Waals surface area contributed by atoms with Crippen LogP contribution in [0.1, 0.15) is 19.4 Å². The Morgan fingerprint density at radius 2 is 1.70 bits per heavy atom. The molecule has 176 valence electrons. The molecule has 1 heterocycles. The number of hydrogen-bond donors (Lipinski definition) is 2. The maximum atomic E-state index is 10.4. The number of halogens is 3. The van der Waals surface area contributed by atoms with Gasteiger partial charge in [-0.1, -0.05) is 25.4 Å². The number of aromatic hydroxyl groups is 1. The van der Waals surface area contributed by atoms with Crippen LogP contribution >= 0.6 is 36.4 Å². The van der Waals surface area contributed by atoms with Gasteiger partial charge in [0, 0.05) is 33.6 Å². The normalized spacial score (nSPS) is 10.7. The second kappa shape index (κ2) is 11.6. The fourth-order valence-electron chi connectivity index (χ4n) is 3.78. The highest BCUT2D eigenvalue weighted by atomic mass is 35.5. The first-order chi connectivity index (χ1) is 15.0. The molecule has 0 spiro atoms. The van der Waals surface area contributed by atoms with Crippen LogP contribution in [0.5, 0.6) is 11.5 Å². The minimum Gasteiger partial charge on any atom is -0.508 e. The smallest absolute Gasteiger partial charge is 0.120 e. The van der Waals surface area contributed by atoms with Crippen molar-refractivity contribution >= 4 is 69.6 Å². The standard InChI is InChI=1S/C25H26ClN3O2.2ClH/c1-4-29(5-2)15-16-12-18(7-11-24(16)30)27-25-20-9-6-17(26)13-23(20)28-22-10-8-19(31-3)14-21(22)25;;/h6-14,30H,4-5,15H2,1-3H3,(H,27,28);2*1H. The van der Waals surface area contributed by atoms with Gasteiger partial charge in [-0.2, -0.15) is 0 Å². The zero-order valence-corrected chi connectivity index (χ0v) is 21.2. The fraction of sp³-hybridized carbons (Fsp3) is 0.240. The number of phenols is 1. The Bertz CT molecular complexity index is 1250. The molecule has 0 bridgehead atoms. The van der Waals surface area contributed by atoms with Gasteiger partial charge >= 0.3 is 0 Å². The lowest BCUT2D eigenvalue weighted by molar-refractivity contribution is 0.291. The van der Waals surface area contributed by atoms with Gasteiger partial charge < -0.3 is 15.2 Å². The van der Waals surface area contributed by atoms with Gasteiger partial charge in [0.2, 0.25) is 0 Å². The van der Waals surface area contributed by atoms with Crippen LogP contribution in [0.15, 0.2) is 54.6 Å². The molecule has 0 fully saturated rings. The molecule has 4 aromatic rings. The molecule has 0 amide bonds. The van der Waals surface area contributed by atoms with Crippen molar-refractivity contribution in [1.29, 1.82) is 0 Å². The Labute approximate surface area is 211 Å². The van der Waals surface area contributed by atoms with Gasteiger partial charge in [0.15, 0.2) is 0 Å². The topological polar surface area (TPSA) is 57.6 Å². The predicted octanol–water partition coefficient (Wildman–Crippen LogP) is 7.18. The minimum atomic E-state index is 0. The maximum absolute atomic E-state index is 10.4. The van der Waals surface area contributed by atoms with Crippen molar-refractivity contribution in [3.8, 4) is 11.5 Å². The number of aromatic nitrogens is 1. The van der Waals surface area contributed by atoms with Crippen molar-refractivity contribution in [2.24, 2.45) is 0 Å². The molecule has 3 aromatic carbocycles. The molecule has 0 saturated carbocycles. The second-order valence-electron chi connectivity index (χ2n) is 7.46. The van der Waals surface area contributed by atoms with E-state index in [0.29, 0.717) is 17.3 Å². The van der Waals surface area contributed by atoms with E-state index in [1.807, 2.05) is 48.5 Å². The lowest BCUT2D eigenvalue weighted by atomic mass is 10.1. The first-order valence-electron chi connectivity index (χ1n) is 10.4. The summed E-state index contributed by atoms with van der Waals surface area (Å²) in [5.41, 5.74) is 4.37. The predicted molar refractivity (Wildman–Crippen MR) is 143 cm³/mol. The number of ether oxygens (including phenoxy) is 1. The van der Waals surface area contributed by atoms with Gasteiger partial charge in [-0.15, -0.1) is 24.8 Å². The highest BCUT2D eigenvalue weighted by molar-refractivity contribution is 6.31. The van der Waals surface area contributed by atoms with E-state index in [0.717, 1.165) is 57.6 Å². The van der Waals surface area contributed by atoms with Crippen molar-refractivity contribution in [2.75, 3.05) is 25.5 Å². The largest absolute Gasteiger partial charge is 0.508 e. The molecule has 33 heavy (non-hydrogen) atoms. The third-order valence-corrected chi connectivity index (χ3v) is 5.82. The zero-order valence-electron chi connectivity index (χ0n) is 18.8. The number of phenolic OH excluding ortho intramolecular Hbond substituents is 1. The van der Waals surface area contributed by atoms with Gasteiger partial charge in [-0.3, -0.25) is 4.90 Å². The summed E-state index contributed by atoms with van der Waals surface area (Å²) in [6.45, 7) is 6.78. The van der Waals surface area contributed by atoms with Crippen LogP contribution in [-0.2, 0) is 6.54 Å². The number of anilines is 2. The summed E-state index contributed by atoms with van der Waals surface area (Å²) in [6.07, 6.45) is 0. The van der Waals surface area contributed by atoms with E-state index in [4.69, 9.17) is 21.3 Å². The number of benzene rings is 3. The first-order valence-corrected chi connectivity index (χ1v) is 10.8. The molecule has 0 aliphatic heterocycles. The van der Waals surface area contributed by atoms with Gasteiger partial charge in [0.05, 0.1) is 23.8 Å². The maximum Gasteiger partial charge on any atom is 0.120 e. The average Bonchev–Trinajstić information content (AvgIpc) is 2.78. The summed E-state index contributed by atoms with van der Waals surface area (Å²) in [6, 6.07) is 17.2. The molecule has 0 atom stereocenters. The quantitative estimate of drug-likeness (QED) is 0.204. The number of nitrogens with one attached hydrogen (secondary N) is 1. The summed E-state index contributed by atoms with van der Waals surface area (Å²) >= 11 is 6.23. The Hall–Kier alpha value is -2.44. The summed E-state index contributed by atoms with van der Waals surface area (Å²) in [5, 5.41) is 16.5. The van der Waals surface area contributed by atoms with Crippen LogP contribution in [0.3, 0.4) is 0 Å². The van der Waals surface area contributed by atoms with Crippen LogP contribution in [0.2, 0.25) is 5.02 Å². The Morgan fingerprint density at radius 3 is 2.39 bits per heavy atom.